The fraction of sp³-hybridized carbons (Fsp3) is 0.111. The average Bonchev–Trinajstić information content (AvgIpc) is 3.32. The predicted molar refractivity (Wildman–Crippen MR) is 95.3 cm³/mol. The highest BCUT2D eigenvalue weighted by atomic mass is 19.1. The zero-order valence-electron chi connectivity index (χ0n) is 14.1. The van der Waals surface area contributed by atoms with Gasteiger partial charge in [0.2, 0.25) is 11.8 Å². The third-order valence-electron chi connectivity index (χ3n) is 3.96. The Bertz CT molecular complexity index is 1110. The van der Waals surface area contributed by atoms with Crippen LogP contribution in [0.5, 0.6) is 0 Å². The molecule has 0 aliphatic rings. The van der Waals surface area contributed by atoms with E-state index in [1.807, 2.05) is 0 Å². The van der Waals surface area contributed by atoms with E-state index in [0.717, 1.165) is 0 Å². The fourth-order valence-corrected chi connectivity index (χ4v) is 2.64. The maximum Gasteiger partial charge on any atom is 0.270 e. The number of amides is 1. The molecule has 0 spiro atoms. The predicted octanol–water partition coefficient (Wildman–Crippen LogP) is 2.08. The number of rotatable bonds is 5. The van der Waals surface area contributed by atoms with E-state index >= 15 is 0 Å². The molecule has 3 aromatic heterocycles. The number of furan rings is 1. The number of halogens is 1. The molecule has 0 saturated heterocycles. The maximum absolute atomic E-state index is 13.6. The Balaban J connectivity index is 1.51. The molecule has 0 atom stereocenters. The maximum atomic E-state index is 13.6. The van der Waals surface area contributed by atoms with Crippen LogP contribution in [0, 0.1) is 5.82 Å². The fourth-order valence-electron chi connectivity index (χ4n) is 2.64. The molecule has 0 aliphatic carbocycles. The largest absolute Gasteiger partial charge is 0.461 e. The molecule has 3 heterocycles. The smallest absolute Gasteiger partial charge is 0.270 e. The summed E-state index contributed by atoms with van der Waals surface area (Å²) < 4.78 is 20.2. The number of nitrogen functional groups attached to an aromatic ring is 1. The van der Waals surface area contributed by atoms with Crippen molar-refractivity contribution < 1.29 is 13.6 Å². The highest BCUT2D eigenvalue weighted by Gasteiger charge is 2.15. The van der Waals surface area contributed by atoms with Gasteiger partial charge >= 0.3 is 0 Å². The summed E-state index contributed by atoms with van der Waals surface area (Å²) in [5.74, 6) is 0.115. The average molecular weight is 366 g/mol. The highest BCUT2D eigenvalue weighted by molar-refractivity contribution is 5.93. The molecule has 0 bridgehead atoms. The monoisotopic (exact) mass is 366 g/mol. The van der Waals surface area contributed by atoms with Gasteiger partial charge in [-0.3, -0.25) is 4.79 Å². The summed E-state index contributed by atoms with van der Waals surface area (Å²) in [6.45, 7) is 0.261. The van der Waals surface area contributed by atoms with E-state index in [9.17, 15) is 9.18 Å². The van der Waals surface area contributed by atoms with E-state index in [1.165, 1.54) is 22.9 Å². The lowest BCUT2D eigenvalue weighted by molar-refractivity contribution is 0.0949. The lowest BCUT2D eigenvalue weighted by Gasteiger charge is -2.06. The number of carbonyl (C=O) groups is 1. The number of nitrogens with two attached hydrogens (primary N) is 1. The van der Waals surface area contributed by atoms with Crippen LogP contribution in [-0.4, -0.2) is 32.0 Å². The molecule has 27 heavy (non-hydrogen) atoms. The Labute approximate surface area is 152 Å². The lowest BCUT2D eigenvalue weighted by Crippen LogP contribution is -2.27. The first kappa shape index (κ1) is 16.7. The van der Waals surface area contributed by atoms with Gasteiger partial charge in [-0.15, -0.1) is 5.10 Å². The van der Waals surface area contributed by atoms with Crippen LogP contribution >= 0.6 is 0 Å². The quantitative estimate of drug-likeness (QED) is 0.559. The van der Waals surface area contributed by atoms with Gasteiger partial charge < -0.3 is 15.5 Å². The van der Waals surface area contributed by atoms with Gasteiger partial charge in [0.05, 0.1) is 6.26 Å². The Hall–Kier alpha value is -3.75. The number of nitrogens with one attached hydrogen (secondary N) is 1. The van der Waals surface area contributed by atoms with Gasteiger partial charge in [0.15, 0.2) is 11.4 Å². The zero-order valence-corrected chi connectivity index (χ0v) is 14.1. The standard InChI is InChI=1S/C18H15FN6O2/c19-12-5-2-1-4-11(12)7-8-21-17(26)13-10-15-23-16(14-6-3-9-27-14)24-25(15)18(20)22-13/h1-6,9-10H,7-8H2,(H2,20,22)(H,21,26). The van der Waals surface area contributed by atoms with Crippen molar-refractivity contribution in [2.24, 2.45) is 0 Å². The van der Waals surface area contributed by atoms with E-state index in [0.29, 0.717) is 29.2 Å². The second-order valence-corrected chi connectivity index (χ2v) is 5.78. The molecule has 1 amide bonds. The molecule has 8 nitrogen and oxygen atoms in total. The topological polar surface area (TPSA) is 111 Å². The lowest BCUT2D eigenvalue weighted by atomic mass is 10.1. The number of anilines is 1. The van der Waals surface area contributed by atoms with Crippen molar-refractivity contribution in [3.8, 4) is 11.6 Å². The molecule has 1 aromatic carbocycles. The SMILES string of the molecule is Nc1nc(C(=O)NCCc2ccccc2F)cc2nc(-c3ccco3)nn12. The van der Waals surface area contributed by atoms with Crippen LogP contribution < -0.4 is 11.1 Å². The van der Waals surface area contributed by atoms with Crippen molar-refractivity contribution in [3.05, 3.63) is 65.8 Å². The van der Waals surface area contributed by atoms with Crippen molar-refractivity contribution in [1.29, 1.82) is 0 Å². The Kier molecular flexibility index (Phi) is 4.25. The van der Waals surface area contributed by atoms with Crippen LogP contribution in [-0.2, 0) is 6.42 Å². The molecule has 4 aromatic rings. The molecule has 3 N–H and O–H groups in total. The van der Waals surface area contributed by atoms with Gasteiger partial charge in [-0.1, -0.05) is 18.2 Å². The van der Waals surface area contributed by atoms with Crippen LogP contribution in [0.25, 0.3) is 17.2 Å². The van der Waals surface area contributed by atoms with Gasteiger partial charge in [0.1, 0.15) is 11.5 Å². The van der Waals surface area contributed by atoms with Crippen molar-refractivity contribution in [1.82, 2.24) is 24.9 Å². The van der Waals surface area contributed by atoms with E-state index in [1.54, 1.807) is 30.3 Å². The number of hydrogen-bond donors (Lipinski definition) is 2. The third-order valence-corrected chi connectivity index (χ3v) is 3.96. The van der Waals surface area contributed by atoms with Gasteiger partial charge in [-0.05, 0) is 30.2 Å². The van der Waals surface area contributed by atoms with E-state index in [2.05, 4.69) is 20.4 Å². The van der Waals surface area contributed by atoms with Crippen molar-refractivity contribution >= 4 is 17.5 Å². The second kappa shape index (κ2) is 6.87. The summed E-state index contributed by atoms with van der Waals surface area (Å²) in [5.41, 5.74) is 6.89. The first-order valence-electron chi connectivity index (χ1n) is 8.20. The minimum Gasteiger partial charge on any atom is -0.461 e. The Morgan fingerprint density at radius 2 is 2.07 bits per heavy atom. The Morgan fingerprint density at radius 1 is 1.22 bits per heavy atom. The summed E-state index contributed by atoms with van der Waals surface area (Å²) in [6.07, 6.45) is 1.88. The summed E-state index contributed by atoms with van der Waals surface area (Å²) in [5, 5.41) is 6.92. The number of fused-ring (bicyclic) bond motifs is 1. The molecule has 0 saturated carbocycles. The minimum atomic E-state index is -0.428. The van der Waals surface area contributed by atoms with E-state index < -0.39 is 5.91 Å². The normalized spacial score (nSPS) is 11.0. The van der Waals surface area contributed by atoms with Gasteiger partial charge in [-0.2, -0.15) is 4.52 Å². The van der Waals surface area contributed by atoms with Gasteiger partial charge in [0.25, 0.3) is 5.91 Å². The third kappa shape index (κ3) is 3.34. The minimum absolute atomic E-state index is 0.0251. The van der Waals surface area contributed by atoms with E-state index in [4.69, 9.17) is 10.2 Å². The Morgan fingerprint density at radius 3 is 2.85 bits per heavy atom. The number of aromatic nitrogens is 4. The summed E-state index contributed by atoms with van der Waals surface area (Å²) in [4.78, 5) is 20.7. The molecule has 0 fully saturated rings. The number of hydrogen-bond acceptors (Lipinski definition) is 6. The van der Waals surface area contributed by atoms with Crippen LogP contribution in [0.15, 0.2) is 53.1 Å². The van der Waals surface area contributed by atoms with Gasteiger partial charge in [-0.25, -0.2) is 14.4 Å². The first-order chi connectivity index (χ1) is 13.1. The first-order valence-corrected chi connectivity index (χ1v) is 8.20. The van der Waals surface area contributed by atoms with Crippen LogP contribution in [0.3, 0.4) is 0 Å². The molecule has 0 aliphatic heterocycles. The number of benzene rings is 1. The molecular formula is C18H15FN6O2. The molecule has 9 heteroatoms. The van der Waals surface area contributed by atoms with E-state index in [-0.39, 0.29) is 24.0 Å². The van der Waals surface area contributed by atoms with Crippen molar-refractivity contribution in [2.75, 3.05) is 12.3 Å². The molecule has 0 radical (unpaired) electrons. The summed E-state index contributed by atoms with van der Waals surface area (Å²) >= 11 is 0. The molecule has 136 valence electrons. The van der Waals surface area contributed by atoms with Crippen LogP contribution in [0.1, 0.15) is 16.1 Å². The molecular weight excluding hydrogens is 351 g/mol. The molecule has 0 unspecified atom stereocenters. The van der Waals surface area contributed by atoms with Crippen molar-refractivity contribution in [2.45, 2.75) is 6.42 Å². The number of carbonyl (C=O) groups excluding carboxylic acids is 1. The zero-order chi connectivity index (χ0) is 18.8. The summed E-state index contributed by atoms with van der Waals surface area (Å²) in [6, 6.07) is 11.3. The number of nitrogens with zero attached hydrogens (tertiary/aromatic N) is 4. The van der Waals surface area contributed by atoms with Crippen LogP contribution in [0.4, 0.5) is 10.3 Å². The molecule has 4 rings (SSSR count). The second-order valence-electron chi connectivity index (χ2n) is 5.78. The van der Waals surface area contributed by atoms with Crippen LogP contribution in [0.2, 0.25) is 0 Å². The summed E-state index contributed by atoms with van der Waals surface area (Å²) in [7, 11) is 0. The van der Waals surface area contributed by atoms with Crippen molar-refractivity contribution in [3.63, 3.8) is 0 Å². The van der Waals surface area contributed by atoms with Gasteiger partial charge in [0, 0.05) is 12.6 Å². The highest BCUT2D eigenvalue weighted by Crippen LogP contribution is 2.18.